The number of thioether (sulfide) groups is 1. The second kappa shape index (κ2) is 5.79. The van der Waals surface area contributed by atoms with E-state index in [1.165, 1.54) is 0 Å². The zero-order chi connectivity index (χ0) is 10.6. The van der Waals surface area contributed by atoms with Crippen LogP contribution >= 0.6 is 39.3 Å². The summed E-state index contributed by atoms with van der Waals surface area (Å²) in [6.07, 6.45) is 2.37. The third kappa shape index (κ3) is 3.01. The Bertz CT molecular complexity index is 341. The average Bonchev–Trinajstić information content (AvgIpc) is 2.21. The van der Waals surface area contributed by atoms with Crippen LogP contribution in [0.1, 0.15) is 5.56 Å². The molecule has 0 aromatic heterocycles. The Balaban J connectivity index is 2.92. The molecule has 0 unspecified atom stereocenters. The Kier molecular flexibility index (Phi) is 4.99. The summed E-state index contributed by atoms with van der Waals surface area (Å²) in [7, 11) is 0. The Hall–Kier alpha value is 0.01000. The Morgan fingerprint density at radius 1 is 1.57 bits per heavy atom. The molecule has 1 rings (SSSR count). The minimum atomic E-state index is 0.144. The smallest absolute Gasteiger partial charge is 0.147 e. The lowest BCUT2D eigenvalue weighted by Crippen LogP contribution is -2.04. The van der Waals surface area contributed by atoms with Crippen LogP contribution in [0.4, 0.5) is 0 Å². The van der Waals surface area contributed by atoms with Crippen LogP contribution in [-0.2, 0) is 11.2 Å². The summed E-state index contributed by atoms with van der Waals surface area (Å²) in [5.41, 5.74) is 0.906. The maximum Gasteiger partial charge on any atom is 0.147 e. The molecule has 0 saturated carbocycles. The van der Waals surface area contributed by atoms with E-state index in [-0.39, 0.29) is 5.78 Å². The zero-order valence-corrected chi connectivity index (χ0v) is 10.9. The highest BCUT2D eigenvalue weighted by Crippen LogP contribution is 2.28. The quantitative estimate of drug-likeness (QED) is 0.623. The Morgan fingerprint density at radius 3 is 2.86 bits per heavy atom. The number of halogens is 2. The van der Waals surface area contributed by atoms with Gasteiger partial charge in [0, 0.05) is 11.3 Å². The lowest BCUT2D eigenvalue weighted by molar-refractivity contribution is -0.115. The van der Waals surface area contributed by atoms with Gasteiger partial charge < -0.3 is 0 Å². The van der Waals surface area contributed by atoms with Crippen LogP contribution in [0, 0.1) is 0 Å². The molecule has 0 fully saturated rings. The lowest BCUT2D eigenvalue weighted by atomic mass is 10.1. The molecule has 14 heavy (non-hydrogen) atoms. The Labute approximate surface area is 101 Å². The second-order valence-electron chi connectivity index (χ2n) is 2.78. The first-order chi connectivity index (χ1) is 6.69. The highest BCUT2D eigenvalue weighted by molar-refractivity contribution is 9.09. The topological polar surface area (TPSA) is 17.1 Å². The van der Waals surface area contributed by atoms with E-state index in [1.807, 2.05) is 24.5 Å². The van der Waals surface area contributed by atoms with Crippen molar-refractivity contribution >= 4 is 45.1 Å². The van der Waals surface area contributed by atoms with Crippen LogP contribution in [0.25, 0.3) is 0 Å². The number of hydrogen-bond acceptors (Lipinski definition) is 2. The van der Waals surface area contributed by atoms with Gasteiger partial charge in [-0.25, -0.2) is 0 Å². The van der Waals surface area contributed by atoms with E-state index in [1.54, 1.807) is 11.8 Å². The number of carbonyl (C=O) groups is 1. The van der Waals surface area contributed by atoms with Gasteiger partial charge in [-0.15, -0.1) is 11.8 Å². The molecule has 0 heterocycles. The van der Waals surface area contributed by atoms with Gasteiger partial charge in [-0.3, -0.25) is 4.79 Å². The first kappa shape index (κ1) is 12.1. The third-order valence-corrected chi connectivity index (χ3v) is 3.76. The van der Waals surface area contributed by atoms with E-state index in [9.17, 15) is 4.79 Å². The van der Waals surface area contributed by atoms with Gasteiger partial charge in [0.2, 0.25) is 0 Å². The van der Waals surface area contributed by atoms with Crippen LogP contribution in [0.3, 0.4) is 0 Å². The first-order valence-electron chi connectivity index (χ1n) is 4.08. The van der Waals surface area contributed by atoms with Crippen molar-refractivity contribution in [1.82, 2.24) is 0 Å². The third-order valence-electron chi connectivity index (χ3n) is 1.80. The molecule has 76 valence electrons. The standard InChI is InChI=1S/C10H10BrClOS/c1-14-9-4-2-3-7(10(9)12)5-8(13)6-11/h2-4H,5-6H2,1H3. The fraction of sp³-hybridized carbons (Fsp3) is 0.300. The molecule has 1 nitrogen and oxygen atoms in total. The van der Waals surface area contributed by atoms with Crippen molar-refractivity contribution in [3.05, 3.63) is 28.8 Å². The number of rotatable bonds is 4. The summed E-state index contributed by atoms with van der Waals surface area (Å²) in [5, 5.41) is 1.08. The minimum absolute atomic E-state index is 0.144. The van der Waals surface area contributed by atoms with E-state index in [0.717, 1.165) is 10.5 Å². The zero-order valence-electron chi connectivity index (χ0n) is 7.72. The predicted octanol–water partition coefficient (Wildman–Crippen LogP) is 3.57. The van der Waals surface area contributed by atoms with Gasteiger partial charge in [0.25, 0.3) is 0 Å². The van der Waals surface area contributed by atoms with Crippen molar-refractivity contribution in [3.63, 3.8) is 0 Å². The summed E-state index contributed by atoms with van der Waals surface area (Å²) in [6, 6.07) is 5.77. The maximum absolute atomic E-state index is 11.2. The average molecular weight is 294 g/mol. The van der Waals surface area contributed by atoms with Crippen LogP contribution in [0.5, 0.6) is 0 Å². The van der Waals surface area contributed by atoms with Crippen molar-refractivity contribution < 1.29 is 4.79 Å². The fourth-order valence-electron chi connectivity index (χ4n) is 1.11. The maximum atomic E-state index is 11.2. The van der Waals surface area contributed by atoms with Crippen LogP contribution in [-0.4, -0.2) is 17.4 Å². The van der Waals surface area contributed by atoms with Gasteiger partial charge in [0.05, 0.1) is 10.4 Å². The lowest BCUT2D eigenvalue weighted by Gasteiger charge is -2.05. The van der Waals surface area contributed by atoms with Crippen molar-refractivity contribution in [1.29, 1.82) is 0 Å². The van der Waals surface area contributed by atoms with Crippen LogP contribution in [0.15, 0.2) is 23.1 Å². The fourth-order valence-corrected chi connectivity index (χ4v) is 2.26. The van der Waals surface area contributed by atoms with Crippen LogP contribution in [0.2, 0.25) is 5.02 Å². The highest BCUT2D eigenvalue weighted by atomic mass is 79.9. The van der Waals surface area contributed by atoms with Crippen molar-refractivity contribution in [3.8, 4) is 0 Å². The summed E-state index contributed by atoms with van der Waals surface area (Å²) in [4.78, 5) is 12.2. The van der Waals surface area contributed by atoms with Gasteiger partial charge in [0.15, 0.2) is 0 Å². The summed E-state index contributed by atoms with van der Waals surface area (Å²) in [6.45, 7) is 0. The van der Waals surface area contributed by atoms with Crippen molar-refractivity contribution in [2.75, 3.05) is 11.6 Å². The molecule has 0 N–H and O–H groups in total. The number of carbonyl (C=O) groups excluding carboxylic acids is 1. The van der Waals surface area contributed by atoms with Gasteiger partial charge in [-0.1, -0.05) is 39.7 Å². The van der Waals surface area contributed by atoms with Gasteiger partial charge in [-0.05, 0) is 17.9 Å². The highest BCUT2D eigenvalue weighted by Gasteiger charge is 2.08. The van der Waals surface area contributed by atoms with Gasteiger partial charge in [0.1, 0.15) is 5.78 Å². The molecule has 0 radical (unpaired) electrons. The second-order valence-corrected chi connectivity index (χ2v) is 4.57. The van der Waals surface area contributed by atoms with Gasteiger partial charge >= 0.3 is 0 Å². The summed E-state index contributed by atoms with van der Waals surface area (Å²) >= 11 is 10.8. The largest absolute Gasteiger partial charge is 0.298 e. The predicted molar refractivity (Wildman–Crippen MR) is 65.7 cm³/mol. The summed E-state index contributed by atoms with van der Waals surface area (Å²) in [5.74, 6) is 0.144. The molecule has 0 spiro atoms. The normalized spacial score (nSPS) is 10.2. The molecule has 0 atom stereocenters. The molecule has 1 aromatic rings. The Morgan fingerprint density at radius 2 is 2.29 bits per heavy atom. The molecule has 0 saturated heterocycles. The number of ketones is 1. The minimum Gasteiger partial charge on any atom is -0.298 e. The molecule has 1 aromatic carbocycles. The molecular formula is C10H10BrClOS. The SMILES string of the molecule is CSc1cccc(CC(=O)CBr)c1Cl. The molecule has 0 bridgehead atoms. The molecule has 0 aliphatic carbocycles. The van der Waals surface area contributed by atoms with Crippen molar-refractivity contribution in [2.45, 2.75) is 11.3 Å². The first-order valence-corrected chi connectivity index (χ1v) is 6.80. The summed E-state index contributed by atoms with van der Waals surface area (Å²) < 4.78 is 0. The molecule has 0 aliphatic heterocycles. The van der Waals surface area contributed by atoms with E-state index in [0.29, 0.717) is 16.8 Å². The number of benzene rings is 1. The van der Waals surface area contributed by atoms with Gasteiger partial charge in [-0.2, -0.15) is 0 Å². The van der Waals surface area contributed by atoms with E-state index >= 15 is 0 Å². The molecule has 0 aliphatic rings. The van der Waals surface area contributed by atoms with Crippen LogP contribution < -0.4 is 0 Å². The number of hydrogen-bond donors (Lipinski definition) is 0. The molecule has 0 amide bonds. The number of Topliss-reactive ketones (excluding diaryl/α,β-unsaturated/α-hetero) is 1. The van der Waals surface area contributed by atoms with E-state index < -0.39 is 0 Å². The molecule has 4 heteroatoms. The molecular weight excluding hydrogens is 284 g/mol. The number of alkyl halides is 1. The van der Waals surface area contributed by atoms with E-state index in [4.69, 9.17) is 11.6 Å². The van der Waals surface area contributed by atoms with E-state index in [2.05, 4.69) is 15.9 Å². The monoisotopic (exact) mass is 292 g/mol. The van der Waals surface area contributed by atoms with Crippen molar-refractivity contribution in [2.24, 2.45) is 0 Å².